The topological polar surface area (TPSA) is 12.0 Å². The van der Waals surface area contributed by atoms with Crippen molar-refractivity contribution >= 4 is 0 Å². The van der Waals surface area contributed by atoms with E-state index in [1.165, 1.54) is 11.1 Å². The quantitative estimate of drug-likeness (QED) is 0.864. The molecule has 0 saturated carbocycles. The van der Waals surface area contributed by atoms with E-state index in [0.717, 1.165) is 23.2 Å². The van der Waals surface area contributed by atoms with E-state index in [1.807, 2.05) is 20.0 Å². The molecule has 0 heterocycles. The maximum atomic E-state index is 13.5. The van der Waals surface area contributed by atoms with E-state index in [4.69, 9.17) is 0 Å². The van der Waals surface area contributed by atoms with Gasteiger partial charge in [-0.05, 0) is 66.9 Å². The molecule has 2 aromatic rings. The van der Waals surface area contributed by atoms with Gasteiger partial charge < -0.3 is 5.32 Å². The van der Waals surface area contributed by atoms with E-state index < -0.39 is 0 Å². The van der Waals surface area contributed by atoms with Crippen LogP contribution in [-0.4, -0.2) is 7.05 Å². The Morgan fingerprint density at radius 3 is 2.50 bits per heavy atom. The van der Waals surface area contributed by atoms with Gasteiger partial charge in [0.05, 0.1) is 0 Å². The van der Waals surface area contributed by atoms with Crippen LogP contribution in [0, 0.1) is 19.7 Å². The van der Waals surface area contributed by atoms with Gasteiger partial charge >= 0.3 is 0 Å². The molecule has 0 bridgehead atoms. The molecule has 0 aliphatic carbocycles. The number of rotatable bonds is 3. The van der Waals surface area contributed by atoms with Crippen LogP contribution < -0.4 is 5.32 Å². The monoisotopic (exact) mass is 243 g/mol. The van der Waals surface area contributed by atoms with Gasteiger partial charge in [-0.1, -0.05) is 18.2 Å². The van der Waals surface area contributed by atoms with E-state index in [0.29, 0.717) is 0 Å². The first kappa shape index (κ1) is 12.8. The average molecular weight is 243 g/mol. The third kappa shape index (κ3) is 2.77. The second-order valence-electron chi connectivity index (χ2n) is 4.70. The molecule has 0 fully saturated rings. The summed E-state index contributed by atoms with van der Waals surface area (Å²) in [6.45, 7) is 4.79. The van der Waals surface area contributed by atoms with Gasteiger partial charge in [0, 0.05) is 6.54 Å². The Kier molecular flexibility index (Phi) is 3.78. The van der Waals surface area contributed by atoms with E-state index >= 15 is 0 Å². The molecule has 1 N–H and O–H groups in total. The molecule has 0 aliphatic heterocycles. The average Bonchev–Trinajstić information content (AvgIpc) is 2.30. The molecule has 0 atom stereocenters. The molecule has 2 rings (SSSR count). The molecule has 2 aromatic carbocycles. The maximum Gasteiger partial charge on any atom is 0.124 e. The number of benzene rings is 2. The van der Waals surface area contributed by atoms with Gasteiger partial charge in [-0.3, -0.25) is 0 Å². The summed E-state index contributed by atoms with van der Waals surface area (Å²) in [5.74, 6) is -0.177. The molecule has 0 radical (unpaired) electrons. The smallest absolute Gasteiger partial charge is 0.124 e. The highest BCUT2D eigenvalue weighted by molar-refractivity contribution is 5.68. The van der Waals surface area contributed by atoms with Crippen LogP contribution in [0.4, 0.5) is 4.39 Å². The second-order valence-corrected chi connectivity index (χ2v) is 4.70. The highest BCUT2D eigenvalue weighted by atomic mass is 19.1. The van der Waals surface area contributed by atoms with E-state index in [2.05, 4.69) is 30.4 Å². The molecule has 0 saturated heterocycles. The van der Waals surface area contributed by atoms with Crippen molar-refractivity contribution in [1.82, 2.24) is 5.32 Å². The maximum absolute atomic E-state index is 13.5. The summed E-state index contributed by atoms with van der Waals surface area (Å²) in [5.41, 5.74) is 5.37. The Balaban J connectivity index is 2.51. The van der Waals surface area contributed by atoms with Crippen LogP contribution >= 0.6 is 0 Å². The van der Waals surface area contributed by atoms with Crippen molar-refractivity contribution in [2.24, 2.45) is 0 Å². The molecule has 0 aromatic heterocycles. The Morgan fingerprint density at radius 1 is 1.06 bits per heavy atom. The molecule has 0 spiro atoms. The summed E-state index contributed by atoms with van der Waals surface area (Å²) in [4.78, 5) is 0. The Bertz CT molecular complexity index is 541. The van der Waals surface area contributed by atoms with Crippen molar-refractivity contribution in [3.8, 4) is 11.1 Å². The Labute approximate surface area is 108 Å². The summed E-state index contributed by atoms with van der Waals surface area (Å²) in [6, 6.07) is 11.5. The second kappa shape index (κ2) is 5.32. The zero-order valence-electron chi connectivity index (χ0n) is 11.0. The fraction of sp³-hybridized carbons (Fsp3) is 0.250. The standard InChI is InChI=1S/C16H18FN/c1-11-6-14(9-15(17)7-11)16-8-13(10-18-3)5-4-12(16)2/h4-9,18H,10H2,1-3H3. The van der Waals surface area contributed by atoms with Gasteiger partial charge in [0.25, 0.3) is 0 Å². The number of halogens is 1. The Morgan fingerprint density at radius 2 is 1.83 bits per heavy atom. The molecular formula is C16H18FN. The van der Waals surface area contributed by atoms with Gasteiger partial charge in [-0.25, -0.2) is 4.39 Å². The lowest BCUT2D eigenvalue weighted by atomic mass is 9.97. The van der Waals surface area contributed by atoms with Crippen molar-refractivity contribution in [2.75, 3.05) is 7.05 Å². The third-order valence-electron chi connectivity index (χ3n) is 3.04. The summed E-state index contributed by atoms with van der Waals surface area (Å²) >= 11 is 0. The van der Waals surface area contributed by atoms with Crippen LogP contribution in [0.15, 0.2) is 36.4 Å². The zero-order valence-corrected chi connectivity index (χ0v) is 11.0. The zero-order chi connectivity index (χ0) is 13.1. The first-order valence-corrected chi connectivity index (χ1v) is 6.12. The van der Waals surface area contributed by atoms with Crippen molar-refractivity contribution in [3.05, 3.63) is 58.9 Å². The van der Waals surface area contributed by atoms with Gasteiger partial charge in [-0.2, -0.15) is 0 Å². The summed E-state index contributed by atoms with van der Waals surface area (Å²) < 4.78 is 13.5. The lowest BCUT2D eigenvalue weighted by Gasteiger charge is -2.10. The van der Waals surface area contributed by atoms with Gasteiger partial charge in [0.1, 0.15) is 5.82 Å². The normalized spacial score (nSPS) is 10.7. The minimum absolute atomic E-state index is 0.177. The molecule has 2 heteroatoms. The molecule has 18 heavy (non-hydrogen) atoms. The summed E-state index contributed by atoms with van der Waals surface area (Å²) in [6.07, 6.45) is 0. The molecule has 94 valence electrons. The predicted molar refractivity (Wildman–Crippen MR) is 74.1 cm³/mol. The highest BCUT2D eigenvalue weighted by Crippen LogP contribution is 2.26. The van der Waals surface area contributed by atoms with E-state index in [-0.39, 0.29) is 5.82 Å². The van der Waals surface area contributed by atoms with E-state index in [9.17, 15) is 4.39 Å². The van der Waals surface area contributed by atoms with Crippen molar-refractivity contribution in [2.45, 2.75) is 20.4 Å². The Hall–Kier alpha value is -1.67. The van der Waals surface area contributed by atoms with Crippen molar-refractivity contribution < 1.29 is 4.39 Å². The van der Waals surface area contributed by atoms with Crippen molar-refractivity contribution in [3.63, 3.8) is 0 Å². The molecule has 0 aliphatic rings. The highest BCUT2D eigenvalue weighted by Gasteiger charge is 2.05. The number of aryl methyl sites for hydroxylation is 2. The first-order chi connectivity index (χ1) is 8.60. The minimum Gasteiger partial charge on any atom is -0.316 e. The predicted octanol–water partition coefficient (Wildman–Crippen LogP) is 3.83. The van der Waals surface area contributed by atoms with Gasteiger partial charge in [-0.15, -0.1) is 0 Å². The first-order valence-electron chi connectivity index (χ1n) is 6.12. The van der Waals surface area contributed by atoms with Crippen LogP contribution in [0.5, 0.6) is 0 Å². The van der Waals surface area contributed by atoms with Crippen LogP contribution in [0.3, 0.4) is 0 Å². The SMILES string of the molecule is CNCc1ccc(C)c(-c2cc(C)cc(F)c2)c1. The molecular weight excluding hydrogens is 225 g/mol. The lowest BCUT2D eigenvalue weighted by molar-refractivity contribution is 0.627. The molecule has 0 amide bonds. The van der Waals surface area contributed by atoms with Gasteiger partial charge in [0.2, 0.25) is 0 Å². The number of nitrogens with one attached hydrogen (secondary N) is 1. The molecule has 1 nitrogen and oxygen atoms in total. The third-order valence-corrected chi connectivity index (χ3v) is 3.04. The van der Waals surface area contributed by atoms with Gasteiger partial charge in [0.15, 0.2) is 0 Å². The number of hydrogen-bond donors (Lipinski definition) is 1. The fourth-order valence-electron chi connectivity index (χ4n) is 2.19. The van der Waals surface area contributed by atoms with Crippen LogP contribution in [0.25, 0.3) is 11.1 Å². The lowest BCUT2D eigenvalue weighted by Crippen LogP contribution is -2.05. The van der Waals surface area contributed by atoms with Crippen LogP contribution in [0.1, 0.15) is 16.7 Å². The number of hydrogen-bond acceptors (Lipinski definition) is 1. The fourth-order valence-corrected chi connectivity index (χ4v) is 2.19. The van der Waals surface area contributed by atoms with E-state index in [1.54, 1.807) is 12.1 Å². The summed E-state index contributed by atoms with van der Waals surface area (Å²) in [7, 11) is 1.92. The minimum atomic E-state index is -0.177. The largest absolute Gasteiger partial charge is 0.316 e. The summed E-state index contributed by atoms with van der Waals surface area (Å²) in [5, 5.41) is 3.13. The molecule has 0 unspecified atom stereocenters. The van der Waals surface area contributed by atoms with Crippen LogP contribution in [0.2, 0.25) is 0 Å². The van der Waals surface area contributed by atoms with Crippen LogP contribution in [-0.2, 0) is 6.54 Å². The van der Waals surface area contributed by atoms with Crippen molar-refractivity contribution in [1.29, 1.82) is 0 Å².